The SMILES string of the molecule is CCO.CCO.CCO.CCO.CCO.CCO.CCO.CCO.C[C@@H]1[C@H](OP(=O)([O-])[O-])[C@H](OP(=O)([O-])[O-])[C@@H](OP(=O)([O-])[O-])[C@H](OCCOCCOC2C(OP(=O)([O-])[O-])[C@@H](OP(=O)([O-])[O-])C(OP(=O)([O-])[O-])[C@@H](OP(=O)([O-])[O-])[C@@H]2OP(=O)([O-])[O-])[C@H]1OP(=O)([O-])[O-].C[C@@H]1[C@H](OP(=O)([O-])[O-])[C@H](OP(=O)([O-])[O-])[C@@H](OP(=O)([O-])[O-])[C@H](OCCOCCO[C@H]2[C@H](C)[C@@H](OP(=O)([O-])[O-])[C@@H](OP(=O)([O-])[O-])[C@@H](OP(=O)([O-])[O-])[C@@H]2OP(=O)([O-])[O-])[C@H]1OP(=O)([O-])[O-]. The van der Waals surface area contributed by atoms with Gasteiger partial charge in [0.1, 0.15) is 91.6 Å². The normalized spacial score (nSPS) is 27.1. The Morgan fingerprint density at radius 2 is 0.213 bits per heavy atom. The average Bonchev–Trinajstić information content (AvgIpc) is 0.774. The van der Waals surface area contributed by atoms with Gasteiger partial charge in [-0.05, 0) is 55.4 Å². The predicted octanol–water partition coefficient (Wildman–Crippen LogP) is -28.9. The summed E-state index contributed by atoms with van der Waals surface area (Å²) in [6.07, 6.45) is -63.0. The molecule has 3 unspecified atom stereocenters. The molecule has 4 rings (SSSR count). The molecule has 4 aliphatic rings. The molecule has 4 aliphatic carbocycles. The Labute approximate surface area is 847 Å². The Bertz CT molecular complexity index is 4490. The van der Waals surface area contributed by atoms with Crippen LogP contribution in [0.15, 0.2) is 0 Å². The monoisotopic (exact) mass is 2550 g/mol. The van der Waals surface area contributed by atoms with Crippen molar-refractivity contribution in [1.29, 1.82) is 0 Å². The summed E-state index contributed by atoms with van der Waals surface area (Å²) in [5.41, 5.74) is 0. The second-order valence-corrected chi connectivity index (χ2v) is 45.8. The number of hydrogen-bond donors (Lipinski definition) is 8. The van der Waals surface area contributed by atoms with Crippen LogP contribution in [-0.4, -0.2) is 275 Å². The number of ether oxygens (including phenoxy) is 6. The first-order chi connectivity index (χ1) is 67.1. The molecule has 4 fully saturated rings. The molecule has 0 radical (unpaired) electrons. The lowest BCUT2D eigenvalue weighted by molar-refractivity contribution is -0.385. The van der Waals surface area contributed by atoms with E-state index >= 15 is 0 Å². The van der Waals surface area contributed by atoms with Crippen molar-refractivity contribution in [1.82, 2.24) is 0 Å². The van der Waals surface area contributed by atoms with Crippen LogP contribution < -0.4 is 166 Å². The molecule has 82 nitrogen and oxygen atoms in total. The van der Waals surface area contributed by atoms with Gasteiger partial charge in [0.05, 0.1) is 222 Å². The van der Waals surface area contributed by atoms with Gasteiger partial charge in [-0.1, -0.05) is 20.8 Å². The Hall–Kier alpha value is 1.31. The maximum absolute atomic E-state index is 11.7. The predicted molar refractivity (Wildman–Crippen MR) is 402 cm³/mol. The van der Waals surface area contributed by atoms with Crippen molar-refractivity contribution in [2.75, 3.05) is 106 Å². The summed E-state index contributed by atoms with van der Waals surface area (Å²) < 4.78 is 296. The van der Waals surface area contributed by atoms with Crippen LogP contribution in [0.1, 0.15) is 76.2 Å². The number of phosphoric acid groups is 17. The molecular weight excluding hydrogens is 2450 g/mol. The molecule has 8 N–H and O–H groups in total. The van der Waals surface area contributed by atoms with Gasteiger partial charge in [0.2, 0.25) is 0 Å². The zero-order chi connectivity index (χ0) is 120. The third-order valence-corrected chi connectivity index (χ3v) is 23.9. The highest BCUT2D eigenvalue weighted by atomic mass is 31.2. The lowest BCUT2D eigenvalue weighted by Crippen LogP contribution is -2.68. The van der Waals surface area contributed by atoms with Gasteiger partial charge in [-0.2, -0.15) is 0 Å². The van der Waals surface area contributed by atoms with E-state index in [1.54, 1.807) is 55.4 Å². The van der Waals surface area contributed by atoms with Gasteiger partial charge in [-0.25, -0.2) is 0 Å². The minimum absolute atomic E-state index is 0.250. The van der Waals surface area contributed by atoms with E-state index in [4.69, 9.17) is 69.3 Å². The Kier molecular flexibility index (Phi) is 78.7. The van der Waals surface area contributed by atoms with E-state index in [0.717, 1.165) is 6.92 Å². The topological polar surface area (TPSA) is 1450 Å². The van der Waals surface area contributed by atoms with E-state index in [1.165, 1.54) is 0 Å². The third kappa shape index (κ3) is 80.2. The van der Waals surface area contributed by atoms with Crippen molar-refractivity contribution < 1.29 is 390 Å². The van der Waals surface area contributed by atoms with Gasteiger partial charge in [-0.3, -0.25) is 0 Å². The van der Waals surface area contributed by atoms with Crippen molar-refractivity contribution >= 4 is 133 Å². The summed E-state index contributed by atoms with van der Waals surface area (Å²) in [7, 11) is -111. The number of aliphatic hydroxyl groups excluding tert-OH is 8. The van der Waals surface area contributed by atoms with Crippen molar-refractivity contribution in [3.8, 4) is 0 Å². The number of rotatable bonds is 50. The molecule has 0 aromatic rings. The van der Waals surface area contributed by atoms with Gasteiger partial charge in [0.25, 0.3) is 0 Å². The quantitative estimate of drug-likeness (QED) is 0.0207. The van der Waals surface area contributed by atoms with Gasteiger partial charge in [-0.15, -0.1) is 0 Å². The molecule has 0 saturated heterocycles. The molecule has 0 aromatic heterocycles. The fourth-order valence-electron chi connectivity index (χ4n) is 11.9. The Balaban J connectivity index is -0.000000569. The molecule has 0 aromatic carbocycles. The lowest BCUT2D eigenvalue weighted by atomic mass is 9.79. The van der Waals surface area contributed by atoms with Crippen LogP contribution in [0.25, 0.3) is 0 Å². The fraction of sp³-hybridized carbons (Fsp3) is 1.00. The lowest BCUT2D eigenvalue weighted by Gasteiger charge is -2.56. The summed E-state index contributed by atoms with van der Waals surface area (Å²) in [5.74, 6) is -6.38. The fourth-order valence-corrected chi connectivity index (χ4v) is 21.4. The minimum atomic E-state index is -6.80. The van der Waals surface area contributed by atoms with Crippen LogP contribution in [0.2, 0.25) is 0 Å². The van der Waals surface area contributed by atoms with Crippen molar-refractivity contribution in [2.45, 2.75) is 204 Å². The maximum Gasteiger partial charge on any atom is 0.121 e. The van der Waals surface area contributed by atoms with Crippen LogP contribution in [0.3, 0.4) is 0 Å². The third-order valence-electron chi connectivity index (χ3n) is 15.4. The molecule has 150 heavy (non-hydrogen) atoms. The number of hydrogen-bond acceptors (Lipinski definition) is 82. The highest BCUT2D eigenvalue weighted by molar-refractivity contribution is 7.47. The number of aliphatic hydroxyl groups is 8. The van der Waals surface area contributed by atoms with E-state index in [9.17, 15) is 244 Å². The average molecular weight is 2550 g/mol. The van der Waals surface area contributed by atoms with Gasteiger partial charge >= 0.3 is 0 Å². The minimum Gasteiger partial charge on any atom is -0.790 e. The van der Waals surface area contributed by atoms with Crippen LogP contribution in [0.5, 0.6) is 0 Å². The van der Waals surface area contributed by atoms with E-state index in [0.29, 0.717) is 13.8 Å². The molecule has 99 heteroatoms. The van der Waals surface area contributed by atoms with Gasteiger partial charge in [0.15, 0.2) is 0 Å². The summed E-state index contributed by atoms with van der Waals surface area (Å²) in [6.45, 7) is 8.70. The molecule has 4 saturated carbocycles. The van der Waals surface area contributed by atoms with Crippen molar-refractivity contribution in [3.05, 3.63) is 0 Å². The summed E-state index contributed by atoms with van der Waals surface area (Å²) in [6, 6.07) is 0. The Morgan fingerprint density at radius 1 is 0.140 bits per heavy atom. The Morgan fingerprint density at radius 3 is 0.333 bits per heavy atom. The standard InChI is InChI=1S/C18H42O35P8.C17H41O39P9.8C2H6O/c1-7-9(14(49-57(28,29)30)18(53-61(40,41)42)16(51-59(34,35)36)11(7)47-55(22,23)24)44-5-3-43-4-6-45-13-10(46-54(19,20)21)8(2)12(48-56(25,26)27)15(50-58(31,32)33)17(13)52-60(37,38)39;1-6-7(48-57(18,19)20)9(12(51-60(27,28)29)11(50-59(24,25)26)8(6)49-58(21,22)23)46-4-2-45-3-5-47-10-13(52-61(30,31)32)15(54-63(36,37)38)17(56-65(42,43)44)16(55-64(39,40)41)14(10)53-62(33,34)35;8*1-2-3/h7-18H,3-6H2,1-2H3,(H2,19,20,21)(H2,22,23,24)(H2,25,26,27)(H2,28,29,30)(H2,31,32,33)(H2,34,35,36)(H2,37,38,39)(H2,40,41,42);6-17H,2-5H2,1H3,(H2,18,19,20)(H2,21,22,23)(H2,24,25,26)(H2,27,28,29)(H2,30,31,32)(H2,33,34,35)(H2,36,37,38)(H2,39,40,41)(H2,42,43,44);8*3H,2H2,1H3/p-34/t7-,8-,9-,10-,11+,12-,13+,14+,15-,16+,17-,18-;6-,7-,8-,9+,10?,11-,12-,13+,14?,15-,16+,17?;;;;;;;;/m00......../s1. The second-order valence-electron chi connectivity index (χ2n) is 27.0. The maximum atomic E-state index is 11.7. The van der Waals surface area contributed by atoms with Crippen molar-refractivity contribution in [2.24, 2.45) is 17.8 Å². The van der Waals surface area contributed by atoms with Gasteiger partial charge < -0.3 is 390 Å². The highest BCUT2D eigenvalue weighted by Gasteiger charge is 2.60. The van der Waals surface area contributed by atoms with E-state index in [1.807, 2.05) is 0 Å². The molecule has 0 aliphatic heterocycles. The smallest absolute Gasteiger partial charge is 0.121 e. The van der Waals surface area contributed by atoms with Crippen LogP contribution in [0, 0.1) is 17.8 Å². The van der Waals surface area contributed by atoms with E-state index in [-0.39, 0.29) is 52.9 Å². The largest absolute Gasteiger partial charge is 0.790 e. The summed E-state index contributed by atoms with van der Waals surface area (Å²) in [4.78, 5) is 393. The van der Waals surface area contributed by atoms with E-state index in [2.05, 4.69) is 76.9 Å². The summed E-state index contributed by atoms with van der Waals surface area (Å²) in [5, 5.41) is 60.6. The molecule has 0 heterocycles. The highest BCUT2D eigenvalue weighted by Crippen LogP contribution is 2.56. The van der Waals surface area contributed by atoms with Crippen LogP contribution in [0.4, 0.5) is 0 Å². The van der Waals surface area contributed by atoms with Crippen LogP contribution >= 0.6 is 133 Å². The first-order valence-corrected chi connectivity index (χ1v) is 64.4. The molecule has 0 spiro atoms. The number of phosphoric ester groups is 17. The first kappa shape index (κ1) is 162. The molecule has 0 amide bonds. The molecular formula is C51H97O82P17-34. The first-order valence-electron chi connectivity index (χ1n) is 39.6. The second kappa shape index (κ2) is 73.0. The zero-order valence-electron chi connectivity index (χ0n) is 77.6. The van der Waals surface area contributed by atoms with E-state index < -0.39 is 332 Å². The van der Waals surface area contributed by atoms with Crippen molar-refractivity contribution in [3.63, 3.8) is 0 Å². The van der Waals surface area contributed by atoms with Gasteiger partial charge in [0, 0.05) is 70.6 Å². The molecule has 912 valence electrons. The molecule has 24 atom stereocenters. The van der Waals surface area contributed by atoms with Crippen LogP contribution in [-0.2, 0) is 183 Å². The summed E-state index contributed by atoms with van der Waals surface area (Å²) >= 11 is 0. The molecule has 0 bridgehead atoms. The zero-order valence-corrected chi connectivity index (χ0v) is 92.8.